The highest BCUT2D eigenvalue weighted by atomic mass is 16.5. The Morgan fingerprint density at radius 2 is 1.89 bits per heavy atom. The van der Waals surface area contributed by atoms with Crippen LogP contribution in [0.1, 0.15) is 25.3 Å². The monoisotopic (exact) mass is 473 g/mol. The number of rotatable bonds is 9. The number of para-hydroxylation sites is 1. The fourth-order valence-electron chi connectivity index (χ4n) is 4.15. The summed E-state index contributed by atoms with van der Waals surface area (Å²) in [6.45, 7) is 3.64. The third-order valence-electron chi connectivity index (χ3n) is 5.99. The Morgan fingerprint density at radius 3 is 2.63 bits per heavy atom. The largest absolute Gasteiger partial charge is 0.457 e. The number of carbonyl (C=O) groups excluding carboxylic acids is 1. The number of amides is 1. The molecule has 0 unspecified atom stereocenters. The standard InChI is InChI=1S/C27H31N5O3/c1-2-34-18-24(33)32-16-6-7-19(17-32)25(28)23-14-15-30-27(29)26(23)31-20-10-12-22(13-11-20)35-21-8-4-3-5-9-21/h3-5,8-15,19,28,31H,2,6-7,16-18H2,1H3,(H2,29,30)/t19-/m1/s1. The molecule has 1 aliphatic rings. The van der Waals surface area contributed by atoms with E-state index in [9.17, 15) is 4.79 Å². The van der Waals surface area contributed by atoms with Crippen molar-refractivity contribution < 1.29 is 14.3 Å². The molecule has 3 aromatic rings. The quantitative estimate of drug-likeness (QED) is 0.383. The molecule has 1 aromatic heterocycles. The van der Waals surface area contributed by atoms with Gasteiger partial charge < -0.3 is 30.8 Å². The summed E-state index contributed by atoms with van der Waals surface area (Å²) in [6.07, 6.45) is 3.30. The minimum atomic E-state index is -0.0849. The summed E-state index contributed by atoms with van der Waals surface area (Å²) in [5.41, 5.74) is 8.75. The van der Waals surface area contributed by atoms with E-state index in [1.54, 1.807) is 17.2 Å². The number of piperidine rings is 1. The van der Waals surface area contributed by atoms with Gasteiger partial charge in [0.05, 0.1) is 5.69 Å². The maximum atomic E-state index is 12.4. The number of benzene rings is 2. The molecule has 1 fully saturated rings. The van der Waals surface area contributed by atoms with Crippen molar-refractivity contribution in [1.29, 1.82) is 5.41 Å². The molecule has 0 radical (unpaired) electrons. The number of nitrogens with zero attached hydrogens (tertiary/aromatic N) is 2. The van der Waals surface area contributed by atoms with Crippen molar-refractivity contribution in [2.24, 2.45) is 5.92 Å². The summed E-state index contributed by atoms with van der Waals surface area (Å²) < 4.78 is 11.1. The van der Waals surface area contributed by atoms with Crippen molar-refractivity contribution in [3.05, 3.63) is 72.4 Å². The van der Waals surface area contributed by atoms with Crippen LogP contribution in [-0.4, -0.2) is 47.8 Å². The highest BCUT2D eigenvalue weighted by Crippen LogP contribution is 2.31. The molecular weight excluding hydrogens is 442 g/mol. The molecule has 4 N–H and O–H groups in total. The van der Waals surface area contributed by atoms with E-state index in [1.807, 2.05) is 61.5 Å². The fraction of sp³-hybridized carbons (Fsp3) is 0.296. The van der Waals surface area contributed by atoms with Crippen LogP contribution in [0.4, 0.5) is 17.2 Å². The van der Waals surface area contributed by atoms with Crippen molar-refractivity contribution in [3.8, 4) is 11.5 Å². The second-order valence-electron chi connectivity index (χ2n) is 8.41. The van der Waals surface area contributed by atoms with Gasteiger partial charge in [-0.25, -0.2) is 4.98 Å². The first-order chi connectivity index (χ1) is 17.0. The van der Waals surface area contributed by atoms with E-state index in [0.717, 1.165) is 24.3 Å². The Bertz CT molecular complexity index is 1150. The maximum Gasteiger partial charge on any atom is 0.248 e. The summed E-state index contributed by atoms with van der Waals surface area (Å²) in [4.78, 5) is 18.5. The molecule has 0 bridgehead atoms. The van der Waals surface area contributed by atoms with E-state index in [2.05, 4.69) is 10.3 Å². The van der Waals surface area contributed by atoms with Gasteiger partial charge in [0, 0.05) is 48.8 Å². The van der Waals surface area contributed by atoms with Crippen LogP contribution >= 0.6 is 0 Å². The second kappa shape index (κ2) is 11.5. The minimum Gasteiger partial charge on any atom is -0.457 e. The lowest BCUT2D eigenvalue weighted by atomic mass is 9.88. The van der Waals surface area contributed by atoms with Crippen molar-refractivity contribution in [2.75, 3.05) is 37.4 Å². The zero-order valence-electron chi connectivity index (χ0n) is 19.9. The van der Waals surface area contributed by atoms with E-state index in [-0.39, 0.29) is 18.4 Å². The van der Waals surface area contributed by atoms with Gasteiger partial charge in [-0.2, -0.15) is 0 Å². The maximum absolute atomic E-state index is 12.4. The zero-order valence-corrected chi connectivity index (χ0v) is 19.9. The minimum absolute atomic E-state index is 0.0326. The van der Waals surface area contributed by atoms with Gasteiger partial charge in [-0.15, -0.1) is 0 Å². The topological polar surface area (TPSA) is 114 Å². The molecule has 1 saturated heterocycles. The lowest BCUT2D eigenvalue weighted by Gasteiger charge is -2.33. The molecule has 8 heteroatoms. The normalized spacial score (nSPS) is 15.5. The first kappa shape index (κ1) is 24.2. The number of likely N-dealkylation sites (tertiary alicyclic amines) is 1. The molecule has 0 saturated carbocycles. The lowest BCUT2D eigenvalue weighted by molar-refractivity contribution is -0.137. The summed E-state index contributed by atoms with van der Waals surface area (Å²) in [5, 5.41) is 12.3. The van der Waals surface area contributed by atoms with Crippen molar-refractivity contribution in [3.63, 3.8) is 0 Å². The van der Waals surface area contributed by atoms with Gasteiger partial charge in [0.1, 0.15) is 23.9 Å². The number of pyridine rings is 1. The van der Waals surface area contributed by atoms with Crippen molar-refractivity contribution in [2.45, 2.75) is 19.8 Å². The fourth-order valence-corrected chi connectivity index (χ4v) is 4.15. The molecule has 8 nitrogen and oxygen atoms in total. The number of anilines is 3. The third-order valence-corrected chi connectivity index (χ3v) is 5.99. The Hall–Kier alpha value is -3.91. The Kier molecular flexibility index (Phi) is 7.95. The molecule has 182 valence electrons. The first-order valence-corrected chi connectivity index (χ1v) is 11.8. The molecule has 0 spiro atoms. The number of carbonyl (C=O) groups is 1. The lowest BCUT2D eigenvalue weighted by Crippen LogP contribution is -2.44. The van der Waals surface area contributed by atoms with E-state index in [0.29, 0.717) is 48.2 Å². The smallest absolute Gasteiger partial charge is 0.248 e. The van der Waals surface area contributed by atoms with Crippen molar-refractivity contribution in [1.82, 2.24) is 9.88 Å². The average Bonchev–Trinajstić information content (AvgIpc) is 2.89. The predicted molar refractivity (Wildman–Crippen MR) is 138 cm³/mol. The van der Waals surface area contributed by atoms with Gasteiger partial charge in [-0.05, 0) is 62.2 Å². The molecule has 0 aliphatic carbocycles. The van der Waals surface area contributed by atoms with Crippen LogP contribution in [0, 0.1) is 11.3 Å². The zero-order chi connectivity index (χ0) is 24.6. The van der Waals surface area contributed by atoms with Gasteiger partial charge in [0.2, 0.25) is 5.91 Å². The molecule has 35 heavy (non-hydrogen) atoms. The Labute approximate surface area is 205 Å². The van der Waals surface area contributed by atoms with E-state index < -0.39 is 0 Å². The van der Waals surface area contributed by atoms with Crippen LogP contribution < -0.4 is 15.8 Å². The molecule has 2 aromatic carbocycles. The third kappa shape index (κ3) is 6.16. The van der Waals surface area contributed by atoms with Crippen molar-refractivity contribution >= 4 is 28.8 Å². The van der Waals surface area contributed by atoms with Crippen LogP contribution in [0.2, 0.25) is 0 Å². The number of hydrogen-bond acceptors (Lipinski definition) is 7. The number of ether oxygens (including phenoxy) is 2. The number of nitrogen functional groups attached to an aromatic ring is 1. The van der Waals surface area contributed by atoms with Crippen LogP contribution in [0.3, 0.4) is 0 Å². The predicted octanol–water partition coefficient (Wildman–Crippen LogP) is 4.84. The molecular formula is C27H31N5O3. The highest BCUT2D eigenvalue weighted by molar-refractivity contribution is 6.07. The van der Waals surface area contributed by atoms with Crippen LogP contribution in [0.25, 0.3) is 0 Å². The number of nitrogens with two attached hydrogens (primary N) is 1. The number of aromatic nitrogens is 1. The van der Waals surface area contributed by atoms with Crippen LogP contribution in [0.15, 0.2) is 66.9 Å². The summed E-state index contributed by atoms with van der Waals surface area (Å²) in [5.74, 6) is 1.68. The van der Waals surface area contributed by atoms with Gasteiger partial charge in [0.15, 0.2) is 0 Å². The SMILES string of the molecule is CCOCC(=O)N1CCC[C@@H](C(=N)c2ccnc(N)c2Nc2ccc(Oc3ccccc3)cc2)C1. The molecule has 1 aliphatic heterocycles. The van der Waals surface area contributed by atoms with Crippen LogP contribution in [0.5, 0.6) is 11.5 Å². The van der Waals surface area contributed by atoms with E-state index in [1.165, 1.54) is 0 Å². The van der Waals surface area contributed by atoms with Gasteiger partial charge in [-0.3, -0.25) is 4.79 Å². The van der Waals surface area contributed by atoms with Gasteiger partial charge in [-0.1, -0.05) is 18.2 Å². The molecule has 4 rings (SSSR count). The Balaban J connectivity index is 1.47. The summed E-state index contributed by atoms with van der Waals surface area (Å²) >= 11 is 0. The molecule has 1 atom stereocenters. The number of nitrogens with one attached hydrogen (secondary N) is 2. The number of hydrogen-bond donors (Lipinski definition) is 3. The van der Waals surface area contributed by atoms with Gasteiger partial charge >= 0.3 is 0 Å². The summed E-state index contributed by atoms with van der Waals surface area (Å²) in [6, 6.07) is 18.9. The summed E-state index contributed by atoms with van der Waals surface area (Å²) in [7, 11) is 0. The first-order valence-electron chi connectivity index (χ1n) is 11.8. The van der Waals surface area contributed by atoms with E-state index >= 15 is 0 Å². The highest BCUT2D eigenvalue weighted by Gasteiger charge is 2.28. The Morgan fingerprint density at radius 1 is 1.14 bits per heavy atom. The van der Waals surface area contributed by atoms with Gasteiger partial charge in [0.25, 0.3) is 0 Å². The molecule has 2 heterocycles. The van der Waals surface area contributed by atoms with E-state index in [4.69, 9.17) is 20.6 Å². The second-order valence-corrected chi connectivity index (χ2v) is 8.41. The molecule has 1 amide bonds. The van der Waals surface area contributed by atoms with Crippen LogP contribution in [-0.2, 0) is 9.53 Å². The average molecular weight is 474 g/mol.